The Labute approximate surface area is 184 Å². The number of aromatic nitrogens is 5. The van der Waals surface area contributed by atoms with Crippen molar-refractivity contribution in [2.24, 2.45) is 0 Å². The number of hydrogen-bond acceptors (Lipinski definition) is 4. The van der Waals surface area contributed by atoms with Crippen molar-refractivity contribution in [3.8, 4) is 16.8 Å². The van der Waals surface area contributed by atoms with E-state index in [4.69, 9.17) is 4.98 Å². The van der Waals surface area contributed by atoms with E-state index in [1.54, 1.807) is 13.1 Å². The molecule has 0 aliphatic heterocycles. The number of H-pyrrole nitrogens is 1. The lowest BCUT2D eigenvalue weighted by molar-refractivity contribution is 0.101. The molecule has 3 rings (SSSR count). The van der Waals surface area contributed by atoms with E-state index in [1.165, 1.54) is 0 Å². The molecule has 1 unspecified atom stereocenters. The lowest BCUT2D eigenvalue weighted by Gasteiger charge is -2.16. The molecule has 0 amide bonds. The van der Waals surface area contributed by atoms with Crippen LogP contribution in [0.3, 0.4) is 0 Å². The lowest BCUT2D eigenvalue weighted by Crippen LogP contribution is -2.10. The van der Waals surface area contributed by atoms with Crippen molar-refractivity contribution >= 4 is 5.78 Å². The largest absolute Gasteiger partial charge is 0.294 e. The summed E-state index contributed by atoms with van der Waals surface area (Å²) in [6, 6.07) is 9.97. The number of para-hydroxylation sites is 1. The zero-order chi connectivity index (χ0) is 22.4. The molecule has 2 heterocycles. The Kier molecular flexibility index (Phi) is 7.34. The molecule has 0 saturated carbocycles. The van der Waals surface area contributed by atoms with Gasteiger partial charge in [0.1, 0.15) is 0 Å². The van der Waals surface area contributed by atoms with Gasteiger partial charge in [-0.25, -0.2) is 4.68 Å². The molecule has 1 aromatic carbocycles. The first-order valence-electron chi connectivity index (χ1n) is 10.9. The van der Waals surface area contributed by atoms with Crippen LogP contribution in [0.5, 0.6) is 0 Å². The molecule has 2 aromatic heterocycles. The van der Waals surface area contributed by atoms with Gasteiger partial charge in [0.2, 0.25) is 0 Å². The topological polar surface area (TPSA) is 76.5 Å². The highest BCUT2D eigenvalue weighted by Gasteiger charge is 2.19. The van der Waals surface area contributed by atoms with Crippen molar-refractivity contribution in [1.29, 1.82) is 0 Å². The van der Waals surface area contributed by atoms with Gasteiger partial charge < -0.3 is 0 Å². The van der Waals surface area contributed by atoms with Crippen LogP contribution >= 0.6 is 0 Å². The SMILES string of the molecule is CCCC(CC)c1nc(C)c(-c2cnn(-c3ccccc3)c2)cn[nH]c(C)c1C(C)=O. The Balaban J connectivity index is 2.23. The van der Waals surface area contributed by atoms with E-state index in [9.17, 15) is 4.79 Å². The predicted octanol–water partition coefficient (Wildman–Crippen LogP) is 5.89. The fraction of sp³-hybridized carbons (Fsp3) is 0.360. The van der Waals surface area contributed by atoms with Gasteiger partial charge in [0.15, 0.2) is 5.78 Å². The van der Waals surface area contributed by atoms with Gasteiger partial charge in [-0.15, -0.1) is 0 Å². The smallest absolute Gasteiger partial charge is 0.163 e. The summed E-state index contributed by atoms with van der Waals surface area (Å²) in [6.07, 6.45) is 8.49. The second-order valence-corrected chi connectivity index (χ2v) is 7.83. The number of aryl methyl sites for hydroxylation is 2. The molecule has 31 heavy (non-hydrogen) atoms. The summed E-state index contributed by atoms with van der Waals surface area (Å²) in [4.78, 5) is 17.6. The molecule has 6 nitrogen and oxygen atoms in total. The number of nitrogens with one attached hydrogen (secondary N) is 1. The summed E-state index contributed by atoms with van der Waals surface area (Å²) in [5, 5.41) is 12.0. The fourth-order valence-electron chi connectivity index (χ4n) is 3.92. The van der Waals surface area contributed by atoms with Crippen LogP contribution in [0.1, 0.15) is 73.4 Å². The molecule has 0 radical (unpaired) electrons. The third kappa shape index (κ3) is 5.08. The molecule has 0 fully saturated rings. The fourth-order valence-corrected chi connectivity index (χ4v) is 3.92. The predicted molar refractivity (Wildman–Crippen MR) is 124 cm³/mol. The van der Waals surface area contributed by atoms with Gasteiger partial charge in [-0.2, -0.15) is 10.2 Å². The van der Waals surface area contributed by atoms with E-state index in [1.807, 2.05) is 61.3 Å². The molecule has 0 aliphatic carbocycles. The van der Waals surface area contributed by atoms with Gasteiger partial charge in [-0.3, -0.25) is 14.9 Å². The van der Waals surface area contributed by atoms with Crippen molar-refractivity contribution in [2.75, 3.05) is 0 Å². The molecule has 0 saturated heterocycles. The zero-order valence-electron chi connectivity index (χ0n) is 19.0. The van der Waals surface area contributed by atoms with E-state index < -0.39 is 0 Å². The van der Waals surface area contributed by atoms with Gasteiger partial charge in [-0.05, 0) is 45.7 Å². The average Bonchev–Trinajstić information content (AvgIpc) is 3.25. The summed E-state index contributed by atoms with van der Waals surface area (Å²) in [7, 11) is 0. The van der Waals surface area contributed by atoms with E-state index in [-0.39, 0.29) is 11.7 Å². The normalized spacial score (nSPS) is 11.8. The molecule has 1 atom stereocenters. The number of carbonyl (C=O) groups excluding carboxylic acids is 1. The van der Waals surface area contributed by atoms with Crippen LogP contribution in [0.2, 0.25) is 0 Å². The van der Waals surface area contributed by atoms with Crippen LogP contribution in [-0.2, 0) is 0 Å². The maximum Gasteiger partial charge on any atom is 0.163 e. The number of Topliss-reactive ketones (excluding diaryl/α,β-unsaturated/α-hetero) is 1. The van der Waals surface area contributed by atoms with Crippen molar-refractivity contribution in [3.63, 3.8) is 0 Å². The van der Waals surface area contributed by atoms with Crippen molar-refractivity contribution in [2.45, 2.75) is 59.8 Å². The monoisotopic (exact) mass is 417 g/mol. The van der Waals surface area contributed by atoms with Gasteiger partial charge in [0, 0.05) is 34.6 Å². The first-order chi connectivity index (χ1) is 15.0. The molecule has 1 N–H and O–H groups in total. The Morgan fingerprint density at radius 3 is 2.52 bits per heavy atom. The molecule has 162 valence electrons. The summed E-state index contributed by atoms with van der Waals surface area (Å²) in [6.45, 7) is 9.76. The first-order valence-corrected chi connectivity index (χ1v) is 10.9. The molecule has 0 spiro atoms. The van der Waals surface area contributed by atoms with Gasteiger partial charge >= 0.3 is 0 Å². The standard InChI is InChI=1S/C25H31N5O/c1-6-11-20(7-2)25-24(19(5)31)18(4)29-26-15-23(17(3)28-25)21-14-27-30(16-21)22-12-9-8-10-13-22/h8-10,12-16,20,29H,6-7,11H2,1-5H3. The third-order valence-electron chi connectivity index (χ3n) is 5.52. The van der Waals surface area contributed by atoms with Crippen LogP contribution in [0.15, 0.2) is 48.9 Å². The molecule has 3 aromatic rings. The number of hydrogen-bond donors (Lipinski definition) is 1. The number of ketones is 1. The minimum absolute atomic E-state index is 0.00153. The Morgan fingerprint density at radius 1 is 1.13 bits per heavy atom. The van der Waals surface area contributed by atoms with Crippen molar-refractivity contribution in [3.05, 3.63) is 71.6 Å². The molecule has 0 aliphatic rings. The lowest BCUT2D eigenvalue weighted by atomic mass is 9.91. The Bertz CT molecular complexity index is 1100. The van der Waals surface area contributed by atoms with Gasteiger partial charge in [0.25, 0.3) is 0 Å². The van der Waals surface area contributed by atoms with E-state index in [0.717, 1.165) is 53.2 Å². The number of carbonyl (C=O) groups is 1. The second kappa shape index (κ2) is 10.2. The first kappa shape index (κ1) is 22.4. The molecule has 6 heteroatoms. The summed E-state index contributed by atoms with van der Waals surface area (Å²) in [5.41, 5.74) is 5.80. The highest BCUT2D eigenvalue weighted by atomic mass is 16.1. The third-order valence-corrected chi connectivity index (χ3v) is 5.52. The van der Waals surface area contributed by atoms with E-state index >= 15 is 0 Å². The Hall–Kier alpha value is -3.28. The highest BCUT2D eigenvalue weighted by Crippen LogP contribution is 2.28. The molecular formula is C25H31N5O. The number of nitrogens with zero attached hydrogens (tertiary/aromatic N) is 4. The van der Waals surface area contributed by atoms with Crippen molar-refractivity contribution in [1.82, 2.24) is 25.0 Å². The number of rotatable bonds is 7. The van der Waals surface area contributed by atoms with Crippen LogP contribution < -0.4 is 0 Å². The summed E-state index contributed by atoms with van der Waals surface area (Å²) >= 11 is 0. The maximum atomic E-state index is 12.6. The maximum absolute atomic E-state index is 12.6. The highest BCUT2D eigenvalue weighted by molar-refractivity contribution is 5.96. The molecular weight excluding hydrogens is 386 g/mol. The van der Waals surface area contributed by atoms with Crippen LogP contribution in [0.4, 0.5) is 0 Å². The van der Waals surface area contributed by atoms with E-state index in [0.29, 0.717) is 5.56 Å². The summed E-state index contributed by atoms with van der Waals surface area (Å²) in [5.74, 6) is 0.212. The van der Waals surface area contributed by atoms with Crippen LogP contribution in [0.25, 0.3) is 16.8 Å². The number of benzene rings is 1. The van der Waals surface area contributed by atoms with Gasteiger partial charge in [-0.1, -0.05) is 38.5 Å². The van der Waals surface area contributed by atoms with Gasteiger partial charge in [0.05, 0.1) is 29.3 Å². The Morgan fingerprint density at radius 2 is 1.87 bits per heavy atom. The van der Waals surface area contributed by atoms with E-state index in [2.05, 4.69) is 29.1 Å². The van der Waals surface area contributed by atoms with Crippen molar-refractivity contribution < 1.29 is 4.79 Å². The minimum atomic E-state index is 0.00153. The average molecular weight is 418 g/mol. The zero-order valence-corrected chi connectivity index (χ0v) is 19.0. The second-order valence-electron chi connectivity index (χ2n) is 7.83. The summed E-state index contributed by atoms with van der Waals surface area (Å²) < 4.78 is 1.84. The number of aromatic amines is 1. The molecule has 0 bridgehead atoms. The van der Waals surface area contributed by atoms with Crippen LogP contribution in [-0.4, -0.2) is 30.7 Å². The minimum Gasteiger partial charge on any atom is -0.294 e. The quantitative estimate of drug-likeness (QED) is 0.486. The van der Waals surface area contributed by atoms with Crippen LogP contribution in [0, 0.1) is 13.8 Å².